The number of halogens is 1. The Hall–Kier alpha value is -2.59. The van der Waals surface area contributed by atoms with Crippen LogP contribution < -0.4 is 0 Å². The zero-order valence-corrected chi connectivity index (χ0v) is 21.4. The van der Waals surface area contributed by atoms with E-state index in [0.29, 0.717) is 31.4 Å². The zero-order chi connectivity index (χ0) is 26.5. The Morgan fingerprint density at radius 3 is 2.68 bits per heavy atom. The number of epoxide rings is 3. The molecule has 7 aliphatic rings. The van der Waals surface area contributed by atoms with E-state index in [1.165, 1.54) is 18.2 Å². The third kappa shape index (κ3) is 2.46. The fraction of sp³-hybridized carbons (Fsp3) is 0.586. The average molecular weight is 525 g/mol. The second-order valence-corrected chi connectivity index (χ2v) is 12.6. The van der Waals surface area contributed by atoms with E-state index >= 15 is 0 Å². The van der Waals surface area contributed by atoms with E-state index in [2.05, 4.69) is 6.92 Å². The van der Waals surface area contributed by atoms with Crippen LogP contribution in [0, 0.1) is 17.2 Å². The number of rotatable bonds is 4. The van der Waals surface area contributed by atoms with Gasteiger partial charge in [-0.05, 0) is 68.4 Å². The summed E-state index contributed by atoms with van der Waals surface area (Å²) in [5.74, 6) is -1.15. The Morgan fingerprint density at radius 1 is 1.18 bits per heavy atom. The van der Waals surface area contributed by atoms with Crippen LogP contribution in [0.3, 0.4) is 0 Å². The lowest BCUT2D eigenvalue weighted by Crippen LogP contribution is -2.72. The molecule has 0 aromatic heterocycles. The lowest BCUT2D eigenvalue weighted by molar-refractivity contribution is -0.175. The number of esters is 2. The van der Waals surface area contributed by atoms with Crippen LogP contribution in [0.15, 0.2) is 41.5 Å². The number of carbonyl (C=O) groups excluding carboxylic acids is 2. The van der Waals surface area contributed by atoms with Crippen molar-refractivity contribution in [2.45, 2.75) is 86.9 Å². The minimum atomic E-state index is -1.33. The Kier molecular flexibility index (Phi) is 4.14. The largest absolute Gasteiger partial charge is 0.458 e. The van der Waals surface area contributed by atoms with E-state index in [0.717, 1.165) is 11.1 Å². The highest BCUT2D eigenvalue weighted by molar-refractivity contribution is 5.92. The molecule has 9 heteroatoms. The standard InChI is InChI=1S/C29H29FO8/c1-25(2,33)28-21(37-28)22-29(38-22)26(3)11-10-16-17(13-34-23(16)32)18(26)12-19-27(29,36-19)24(28)35-20(31)9-6-14-4-7-15(30)8-5-14/h4-9,18-19,21-22,24,33H,10-13H2,1-3H3/b9-6+/t18-,19-,21-,22-,24-,26-,27+,28-,29+/m0/s1. The summed E-state index contributed by atoms with van der Waals surface area (Å²) in [7, 11) is 0. The van der Waals surface area contributed by atoms with Gasteiger partial charge in [-0.3, -0.25) is 0 Å². The average Bonchev–Trinajstić information content (AvgIpc) is 3.77. The van der Waals surface area contributed by atoms with Crippen molar-refractivity contribution >= 4 is 18.0 Å². The molecule has 1 aromatic carbocycles. The molecule has 9 atom stereocenters. The van der Waals surface area contributed by atoms with E-state index in [4.69, 9.17) is 23.7 Å². The van der Waals surface area contributed by atoms with Gasteiger partial charge in [-0.1, -0.05) is 19.1 Å². The molecular formula is C29H29FO8. The second-order valence-electron chi connectivity index (χ2n) is 12.6. The molecule has 0 unspecified atom stereocenters. The normalized spacial score (nSPS) is 47.2. The number of carbonyl (C=O) groups is 2. The number of hydrogen-bond donors (Lipinski definition) is 1. The number of fused-ring (bicyclic) bond motifs is 4. The van der Waals surface area contributed by atoms with Gasteiger partial charge in [0.2, 0.25) is 0 Å². The summed E-state index contributed by atoms with van der Waals surface area (Å²) in [6.07, 6.45) is 2.89. The van der Waals surface area contributed by atoms with Crippen molar-refractivity contribution in [2.75, 3.05) is 6.61 Å². The molecule has 8 rings (SSSR count). The molecule has 3 saturated heterocycles. The Balaban J connectivity index is 1.18. The quantitative estimate of drug-likeness (QED) is 0.364. The summed E-state index contributed by atoms with van der Waals surface area (Å²) in [5.41, 5.74) is -2.13. The van der Waals surface area contributed by atoms with Crippen molar-refractivity contribution in [3.05, 3.63) is 52.9 Å². The zero-order valence-electron chi connectivity index (χ0n) is 21.4. The van der Waals surface area contributed by atoms with Crippen molar-refractivity contribution in [3.8, 4) is 0 Å². The molecule has 0 bridgehead atoms. The molecule has 2 spiro atoms. The van der Waals surface area contributed by atoms with Crippen LogP contribution in [0.2, 0.25) is 0 Å². The molecule has 0 amide bonds. The van der Waals surface area contributed by atoms with Crippen LogP contribution in [-0.2, 0) is 33.3 Å². The lowest BCUT2D eigenvalue weighted by Gasteiger charge is -2.54. The van der Waals surface area contributed by atoms with E-state index in [9.17, 15) is 19.1 Å². The van der Waals surface area contributed by atoms with Gasteiger partial charge in [0, 0.05) is 17.1 Å². The Morgan fingerprint density at radius 2 is 1.95 bits per heavy atom. The first-order valence-corrected chi connectivity index (χ1v) is 13.3. The predicted octanol–water partition coefficient (Wildman–Crippen LogP) is 2.62. The molecule has 1 aromatic rings. The Labute approximate surface area is 218 Å². The summed E-state index contributed by atoms with van der Waals surface area (Å²) in [6.45, 7) is 5.82. The van der Waals surface area contributed by atoms with Crippen molar-refractivity contribution < 1.29 is 42.8 Å². The predicted molar refractivity (Wildman–Crippen MR) is 128 cm³/mol. The summed E-state index contributed by atoms with van der Waals surface area (Å²) < 4.78 is 44.3. The first-order valence-electron chi connectivity index (χ1n) is 13.3. The van der Waals surface area contributed by atoms with Crippen LogP contribution in [0.25, 0.3) is 6.08 Å². The molecular weight excluding hydrogens is 495 g/mol. The lowest BCUT2D eigenvalue weighted by atomic mass is 9.46. The third-order valence-corrected chi connectivity index (χ3v) is 10.6. The summed E-state index contributed by atoms with van der Waals surface area (Å²) in [4.78, 5) is 25.6. The van der Waals surface area contributed by atoms with Crippen molar-refractivity contribution in [1.29, 1.82) is 0 Å². The van der Waals surface area contributed by atoms with Gasteiger partial charge in [-0.15, -0.1) is 0 Å². The fourth-order valence-electron chi connectivity index (χ4n) is 8.74. The van der Waals surface area contributed by atoms with Crippen LogP contribution in [0.4, 0.5) is 4.39 Å². The molecule has 2 saturated carbocycles. The van der Waals surface area contributed by atoms with Crippen molar-refractivity contribution in [1.82, 2.24) is 0 Å². The SMILES string of the molecule is CC(C)(O)[C@]12O[C@H]1[C@@H]1O[C@]13[C@]1(O[C@H]1C[C@H]1C4=C(CC[C@@]13C)C(=O)OC4)[C@@H]2OC(=O)/C=C/c1ccc(F)cc1. The topological polar surface area (TPSA) is 110 Å². The molecule has 3 aliphatic carbocycles. The minimum absolute atomic E-state index is 0.0476. The van der Waals surface area contributed by atoms with Crippen LogP contribution in [0.1, 0.15) is 45.6 Å². The molecule has 4 heterocycles. The maximum atomic E-state index is 13.3. The highest BCUT2D eigenvalue weighted by Crippen LogP contribution is 2.83. The van der Waals surface area contributed by atoms with Gasteiger partial charge in [0.05, 0.1) is 11.7 Å². The highest BCUT2D eigenvalue weighted by Gasteiger charge is 3.02. The first kappa shape index (κ1) is 23.3. The van der Waals surface area contributed by atoms with Gasteiger partial charge in [-0.25, -0.2) is 14.0 Å². The molecule has 4 aliphatic heterocycles. The van der Waals surface area contributed by atoms with Gasteiger partial charge in [0.15, 0.2) is 17.3 Å². The van der Waals surface area contributed by atoms with Gasteiger partial charge < -0.3 is 28.8 Å². The summed E-state index contributed by atoms with van der Waals surface area (Å²) >= 11 is 0. The van der Waals surface area contributed by atoms with E-state index in [1.54, 1.807) is 32.1 Å². The van der Waals surface area contributed by atoms with E-state index in [-0.39, 0.29) is 35.3 Å². The second kappa shape index (κ2) is 6.75. The van der Waals surface area contributed by atoms with Gasteiger partial charge in [-0.2, -0.15) is 0 Å². The third-order valence-electron chi connectivity index (χ3n) is 10.6. The maximum absolute atomic E-state index is 13.3. The molecule has 200 valence electrons. The molecule has 8 nitrogen and oxygen atoms in total. The number of aliphatic hydroxyl groups is 1. The monoisotopic (exact) mass is 524 g/mol. The number of ether oxygens (including phenoxy) is 5. The van der Waals surface area contributed by atoms with E-state index < -0.39 is 40.6 Å². The smallest absolute Gasteiger partial charge is 0.334 e. The molecule has 1 N–H and O–H groups in total. The van der Waals surface area contributed by atoms with Crippen LogP contribution in [-0.4, -0.2) is 70.5 Å². The van der Waals surface area contributed by atoms with Gasteiger partial charge in [0.1, 0.15) is 30.2 Å². The summed E-state index contributed by atoms with van der Waals surface area (Å²) in [5, 5.41) is 11.3. The van der Waals surface area contributed by atoms with Gasteiger partial charge >= 0.3 is 11.9 Å². The molecule has 38 heavy (non-hydrogen) atoms. The van der Waals surface area contributed by atoms with Crippen molar-refractivity contribution in [2.24, 2.45) is 11.3 Å². The van der Waals surface area contributed by atoms with Crippen molar-refractivity contribution in [3.63, 3.8) is 0 Å². The Bertz CT molecular complexity index is 1360. The fourth-order valence-corrected chi connectivity index (χ4v) is 8.74. The maximum Gasteiger partial charge on any atom is 0.334 e. The highest BCUT2D eigenvalue weighted by atomic mass is 19.1. The first-order chi connectivity index (χ1) is 18.0. The van der Waals surface area contributed by atoms with Gasteiger partial charge in [0.25, 0.3) is 0 Å². The molecule has 5 fully saturated rings. The van der Waals surface area contributed by atoms with Crippen LogP contribution in [0.5, 0.6) is 0 Å². The van der Waals surface area contributed by atoms with E-state index in [1.807, 2.05) is 0 Å². The number of benzene rings is 1. The number of cyclic esters (lactones) is 1. The molecule has 0 radical (unpaired) electrons. The minimum Gasteiger partial charge on any atom is -0.458 e. The number of hydrogen-bond acceptors (Lipinski definition) is 8. The van der Waals surface area contributed by atoms with Crippen LogP contribution >= 0.6 is 0 Å². The summed E-state index contributed by atoms with van der Waals surface area (Å²) in [6, 6.07) is 5.78.